The maximum atomic E-state index is 13.9. The van der Waals surface area contributed by atoms with Crippen molar-refractivity contribution in [2.45, 2.75) is 256 Å². The highest BCUT2D eigenvalue weighted by Gasteiger charge is 2.55. The lowest BCUT2D eigenvalue weighted by Crippen LogP contribution is -2.29. The van der Waals surface area contributed by atoms with Crippen LogP contribution in [0.4, 0.5) is 0 Å². The monoisotopic (exact) mass is 1340 g/mol. The van der Waals surface area contributed by atoms with Gasteiger partial charge < -0.3 is 0 Å². The molecule has 0 N–H and O–H groups in total. The van der Waals surface area contributed by atoms with E-state index in [9.17, 15) is 15.3 Å². The number of carbonyl (C=O) groups excluding carboxylic acids is 1. The van der Waals surface area contributed by atoms with E-state index in [0.717, 1.165) is 49.0 Å². The van der Waals surface area contributed by atoms with Crippen molar-refractivity contribution in [2.75, 3.05) is 5.75 Å². The maximum Gasteiger partial charge on any atom is 0.140 e. The van der Waals surface area contributed by atoms with Gasteiger partial charge in [0.2, 0.25) is 0 Å². The third kappa shape index (κ3) is 15.9. The van der Waals surface area contributed by atoms with Crippen LogP contribution in [-0.2, 0) is 47.7 Å². The molecule has 2 atom stereocenters. The number of thioether (sulfide) groups is 2. The minimum Gasteiger partial charge on any atom is -0.299 e. The van der Waals surface area contributed by atoms with Gasteiger partial charge in [0.25, 0.3) is 0 Å². The summed E-state index contributed by atoms with van der Waals surface area (Å²) in [5, 5.41) is 21.3. The molecule has 0 amide bonds. The van der Waals surface area contributed by atoms with Gasteiger partial charge in [-0.25, -0.2) is 0 Å². The van der Waals surface area contributed by atoms with Crippen molar-refractivity contribution in [3.63, 3.8) is 0 Å². The molecule has 3 aliphatic rings. The van der Waals surface area contributed by atoms with Crippen LogP contribution in [0.3, 0.4) is 0 Å². The van der Waals surface area contributed by atoms with E-state index < -0.39 is 16.1 Å². The molecule has 2 unspecified atom stereocenters. The molecule has 0 radical (unpaired) electrons. The molecule has 0 aliphatic heterocycles. The molecule has 4 aromatic carbocycles. The van der Waals surface area contributed by atoms with Gasteiger partial charge in [0.05, 0.1) is 42.1 Å². The van der Waals surface area contributed by atoms with Crippen molar-refractivity contribution in [2.24, 2.45) is 5.92 Å². The molecule has 94 heavy (non-hydrogen) atoms. The first-order chi connectivity index (χ1) is 46.1. The number of benzene rings is 4. The highest BCUT2D eigenvalue weighted by atomic mass is 32.2. The average Bonchev–Trinajstić information content (AvgIpc) is 1.49. The van der Waals surface area contributed by atoms with E-state index in [1.54, 1.807) is 11.8 Å². The Labute approximate surface area is 587 Å². The summed E-state index contributed by atoms with van der Waals surface area (Å²) in [6, 6.07) is 44.8. The van der Waals surface area contributed by atoms with Gasteiger partial charge in [0.1, 0.15) is 11.0 Å². The molecule has 3 heterocycles. The highest BCUT2D eigenvalue weighted by Crippen LogP contribution is 2.70. The van der Waals surface area contributed by atoms with Crippen molar-refractivity contribution in [3.05, 3.63) is 210 Å². The van der Waals surface area contributed by atoms with Crippen LogP contribution in [0.25, 0.3) is 24.1 Å². The Hall–Kier alpha value is -5.45. The average molecular weight is 1340 g/mol. The second kappa shape index (κ2) is 35.2. The Morgan fingerprint density at radius 3 is 1.49 bits per heavy atom. The number of hydrogen-bond acceptors (Lipinski definition) is 8. The van der Waals surface area contributed by atoms with Gasteiger partial charge in [0.15, 0.2) is 0 Å². The zero-order valence-electron chi connectivity index (χ0n) is 57.8. The van der Waals surface area contributed by atoms with E-state index in [-0.39, 0.29) is 11.7 Å². The van der Waals surface area contributed by atoms with E-state index in [0.29, 0.717) is 25.7 Å². The van der Waals surface area contributed by atoms with Gasteiger partial charge in [-0.05, 0) is 128 Å². The van der Waals surface area contributed by atoms with Crippen molar-refractivity contribution in [1.82, 2.24) is 0 Å². The molecule has 3 aromatic heterocycles. The minimum atomic E-state index is -0.727. The molecule has 0 bridgehead atoms. The van der Waals surface area contributed by atoms with Crippen LogP contribution in [0.5, 0.6) is 0 Å². The molecule has 0 spiro atoms. The van der Waals surface area contributed by atoms with E-state index in [1.807, 2.05) is 52.7 Å². The van der Waals surface area contributed by atoms with Crippen molar-refractivity contribution < 1.29 is 4.79 Å². The third-order valence-electron chi connectivity index (χ3n) is 20.4. The quantitative estimate of drug-likeness (QED) is 0.0285. The van der Waals surface area contributed by atoms with Gasteiger partial charge in [-0.2, -0.15) is 10.5 Å². The summed E-state index contributed by atoms with van der Waals surface area (Å²) in [6.45, 7) is 15.6. The number of carbonyl (C=O) groups is 1. The maximum absolute atomic E-state index is 13.9. The molecule has 0 saturated carbocycles. The smallest absolute Gasteiger partial charge is 0.140 e. The van der Waals surface area contributed by atoms with Gasteiger partial charge in [0, 0.05) is 60.8 Å². The summed E-state index contributed by atoms with van der Waals surface area (Å²) in [4.78, 5) is 21.8. The fourth-order valence-corrected chi connectivity index (χ4v) is 22.3. The number of fused-ring (bicyclic) bond motifs is 7. The lowest BCUT2D eigenvalue weighted by atomic mass is 9.67. The van der Waals surface area contributed by atoms with Crippen molar-refractivity contribution in [1.29, 1.82) is 10.5 Å². The normalized spacial score (nSPS) is 17.0. The van der Waals surface area contributed by atoms with E-state index >= 15 is 0 Å². The number of thiophene rings is 3. The molecular weight excluding hydrogens is 1240 g/mol. The van der Waals surface area contributed by atoms with Crippen LogP contribution in [0.1, 0.15) is 274 Å². The highest BCUT2D eigenvalue weighted by molar-refractivity contribution is 8.08. The molecule has 10 rings (SSSR count). The first-order valence-corrected chi connectivity index (χ1v) is 40.9. The van der Waals surface area contributed by atoms with Gasteiger partial charge >= 0.3 is 0 Å². The number of nitriles is 2. The van der Waals surface area contributed by atoms with Gasteiger partial charge in [-0.3, -0.25) is 4.79 Å². The number of ketones is 1. The fourth-order valence-electron chi connectivity index (χ4n) is 15.1. The van der Waals surface area contributed by atoms with E-state index in [2.05, 4.69) is 181 Å². The topological polar surface area (TPSA) is 64.7 Å². The summed E-state index contributed by atoms with van der Waals surface area (Å²) in [7, 11) is 0. The lowest BCUT2D eigenvalue weighted by molar-refractivity contribution is -0.121. The summed E-state index contributed by atoms with van der Waals surface area (Å²) < 4.78 is 2.73. The van der Waals surface area contributed by atoms with E-state index in [1.165, 1.54) is 228 Å². The van der Waals surface area contributed by atoms with E-state index in [4.69, 9.17) is 0 Å². The predicted molar refractivity (Wildman–Crippen MR) is 412 cm³/mol. The zero-order chi connectivity index (χ0) is 65.9. The summed E-state index contributed by atoms with van der Waals surface area (Å²) >= 11 is 9.64. The fraction of sp³-hybridized carbons (Fsp3) is 0.477. The molecular formula is C86H104N2OS5. The number of rotatable bonds is 38. The lowest BCUT2D eigenvalue weighted by Gasteiger charge is -2.35. The Kier molecular flexibility index (Phi) is 26.7. The molecule has 494 valence electrons. The SMILES string of the molecule is CCCCCCCCc1ccc(C2(c3ccc(CCCCCCCC)cc3)c3c(sc(CC)c3SC(C#N)C/C3=C/C=C(C)/C=C\CC3C(=O)CC)-c3sc4c5c(sc4c32)C(SCCC#N)=CC5(c2ccc(CCCCCC)cc2)c2ccc(CCCCCC)cc2)cc1. The van der Waals surface area contributed by atoms with Crippen molar-refractivity contribution in [3.8, 4) is 21.9 Å². The number of hydrogen-bond donors (Lipinski definition) is 0. The number of nitrogens with zero attached hydrogens (tertiary/aromatic N) is 2. The van der Waals surface area contributed by atoms with Gasteiger partial charge in [-0.1, -0.05) is 277 Å². The number of allylic oxidation sites excluding steroid dienone is 7. The van der Waals surface area contributed by atoms with Crippen LogP contribution in [0, 0.1) is 28.6 Å². The molecule has 0 fully saturated rings. The van der Waals surface area contributed by atoms with Crippen LogP contribution in [-0.4, -0.2) is 16.8 Å². The largest absolute Gasteiger partial charge is 0.299 e. The number of aryl methyl sites for hydroxylation is 5. The molecule has 0 saturated heterocycles. The zero-order valence-corrected chi connectivity index (χ0v) is 61.9. The molecule has 7 aromatic rings. The van der Waals surface area contributed by atoms with Gasteiger partial charge in [-0.15, -0.1) is 57.5 Å². The molecule has 8 heteroatoms. The second-order valence-electron chi connectivity index (χ2n) is 27.1. The summed E-state index contributed by atoms with van der Waals surface area (Å²) in [5.74, 6) is 0.710. The number of Topliss-reactive ketones (excluding diaryl/α,β-unsaturated/α-hetero) is 1. The standard InChI is InChI=1S/C86H104N2OS5/c1-8-14-18-22-24-28-35-64-43-52-69(53-44-64)86(70-54-45-65(46-55-70)36-29-25-23-19-15-9-2)77-79(91-71(60-88)58-66-47-38-61(7)32-30-37-72(66)73(89)12-5)74(13-6)92-82(77)84-78(86)83-81(94-84)76-80(93-83)75(90-57-31-56-87)59-85(76,67-48-39-62(40-49-67)33-26-20-16-10-3)68-50-41-63(42-51-68)34-27-21-17-11-4/h30,32,38-55,59,71-72H,8-29,31,33-37,57-58H2,1-7H3/b32-30-,61-38+,66-47-. The minimum absolute atomic E-state index is 0.238. The van der Waals surface area contributed by atoms with Crippen molar-refractivity contribution >= 4 is 77.6 Å². The number of unbranched alkanes of at least 4 members (excludes halogenated alkanes) is 16. The Balaban J connectivity index is 1.22. The predicted octanol–water partition coefficient (Wildman–Crippen LogP) is 26.1. The van der Waals surface area contributed by atoms with Crippen LogP contribution >= 0.6 is 57.5 Å². The first-order valence-electron chi connectivity index (χ1n) is 36.6. The Bertz CT molecular complexity index is 3710. The molecule has 3 aliphatic carbocycles. The molecule has 3 nitrogen and oxygen atoms in total. The van der Waals surface area contributed by atoms with Crippen LogP contribution in [0.2, 0.25) is 0 Å². The second-order valence-corrected chi connectivity index (χ2v) is 32.5. The van der Waals surface area contributed by atoms with Crippen LogP contribution in [0.15, 0.2) is 143 Å². The van der Waals surface area contributed by atoms with Crippen LogP contribution < -0.4 is 0 Å². The summed E-state index contributed by atoms with van der Waals surface area (Å²) in [5.41, 5.74) is 15.8. The first kappa shape index (κ1) is 71.3. The Morgan fingerprint density at radius 1 is 0.553 bits per heavy atom. The summed E-state index contributed by atoms with van der Waals surface area (Å²) in [6.07, 6.45) is 43.6. The Morgan fingerprint density at radius 2 is 1.01 bits per heavy atom. The third-order valence-corrected chi connectivity index (χ3v) is 27.0.